The lowest BCUT2D eigenvalue weighted by atomic mass is 9.32. The van der Waals surface area contributed by atoms with Crippen LogP contribution in [0.3, 0.4) is 0 Å². The van der Waals surface area contributed by atoms with Gasteiger partial charge < -0.3 is 19.3 Å². The Kier molecular flexibility index (Phi) is 8.98. The standard InChI is InChI=1S/C62H38B2N2O2S2/c1-5-17-41(18-6-1)65(42-19-7-2-8-20-42)45-29-31-47-39(33-45)35-57-59-61(47)67-53-38-54-52(37-51(53)63(59)49-25-13-15-27-55(49)69-57)64-50-26-14-16-28-56(50)70-58-36-40-34-46(30-32-48(40)62(68-54)60(58)64)66(43-21-9-3-10-22-43)44-23-11-4-12-24-44/h1-38H. The first kappa shape index (κ1) is 39.9. The number of benzene rings is 11. The molecule has 11 aromatic rings. The summed E-state index contributed by atoms with van der Waals surface area (Å²) in [6.45, 7) is -0.0426. The minimum atomic E-state index is -0.0213. The van der Waals surface area contributed by atoms with E-state index in [1.807, 2.05) is 23.5 Å². The zero-order chi connectivity index (χ0) is 45.9. The molecule has 4 aliphatic rings. The van der Waals surface area contributed by atoms with Crippen molar-refractivity contribution in [3.8, 4) is 23.0 Å². The van der Waals surface area contributed by atoms with Gasteiger partial charge in [-0.1, -0.05) is 150 Å². The lowest BCUT2D eigenvalue weighted by molar-refractivity contribution is 0.470. The molecule has 11 aromatic carbocycles. The molecular weight excluding hydrogens is 890 g/mol. The number of hydrogen-bond acceptors (Lipinski definition) is 6. The Labute approximate surface area is 415 Å². The minimum absolute atomic E-state index is 0.0213. The first-order valence-electron chi connectivity index (χ1n) is 23.8. The second-order valence-corrected chi connectivity index (χ2v) is 20.5. The van der Waals surface area contributed by atoms with Crippen LogP contribution in [-0.2, 0) is 0 Å². The molecule has 15 rings (SSSR count). The predicted molar refractivity (Wildman–Crippen MR) is 294 cm³/mol. The Bertz CT molecular complexity index is 3600. The molecule has 4 heterocycles. The predicted octanol–water partition coefficient (Wildman–Crippen LogP) is 13.1. The summed E-state index contributed by atoms with van der Waals surface area (Å²) in [6.07, 6.45) is 0. The molecule has 326 valence electrons. The SMILES string of the molecule is c1ccc(N(c2ccccc2)c2ccc3c4c5c(cc3c2)Sc2ccccc2B5c2cc3c(cc2O4)Oc2c4c(cc5cc(N(c6ccccc6)c6ccccc6)ccc25)Sc2ccccc2B34)cc1. The van der Waals surface area contributed by atoms with E-state index in [-0.39, 0.29) is 13.4 Å². The van der Waals surface area contributed by atoms with Gasteiger partial charge in [0, 0.05) is 70.5 Å². The number of hydrogen-bond donors (Lipinski definition) is 0. The van der Waals surface area contributed by atoms with Gasteiger partial charge >= 0.3 is 0 Å². The van der Waals surface area contributed by atoms with Gasteiger partial charge in [0.05, 0.1) is 0 Å². The van der Waals surface area contributed by atoms with Crippen molar-refractivity contribution < 1.29 is 9.47 Å². The Morgan fingerprint density at radius 3 is 1.07 bits per heavy atom. The maximum absolute atomic E-state index is 7.35. The average Bonchev–Trinajstić information content (AvgIpc) is 3.41. The van der Waals surface area contributed by atoms with Crippen LogP contribution >= 0.6 is 23.5 Å². The summed E-state index contributed by atoms with van der Waals surface area (Å²) in [5.74, 6) is 3.51. The molecule has 4 nitrogen and oxygen atoms in total. The van der Waals surface area contributed by atoms with E-state index >= 15 is 0 Å². The van der Waals surface area contributed by atoms with Gasteiger partial charge in [0.1, 0.15) is 23.0 Å². The van der Waals surface area contributed by atoms with E-state index in [0.717, 1.165) is 78.7 Å². The second kappa shape index (κ2) is 15.8. The number of para-hydroxylation sites is 4. The van der Waals surface area contributed by atoms with Gasteiger partial charge in [-0.3, -0.25) is 0 Å². The van der Waals surface area contributed by atoms with E-state index in [1.54, 1.807) is 0 Å². The summed E-state index contributed by atoms with van der Waals surface area (Å²) in [6, 6.07) is 83.4. The number of nitrogens with zero attached hydrogens (tertiary/aromatic N) is 2. The maximum atomic E-state index is 7.35. The van der Waals surface area contributed by atoms with Crippen molar-refractivity contribution >= 4 is 125 Å². The molecule has 0 aliphatic carbocycles. The first-order valence-corrected chi connectivity index (χ1v) is 25.4. The molecule has 0 aromatic heterocycles. The molecule has 0 amide bonds. The van der Waals surface area contributed by atoms with Crippen LogP contribution in [0.1, 0.15) is 0 Å². The van der Waals surface area contributed by atoms with Crippen LogP contribution in [0.5, 0.6) is 23.0 Å². The molecular formula is C62H38B2N2O2S2. The molecule has 0 spiro atoms. The summed E-state index contributed by atoms with van der Waals surface area (Å²) in [4.78, 5) is 9.65. The van der Waals surface area contributed by atoms with Gasteiger partial charge in [-0.25, -0.2) is 0 Å². The van der Waals surface area contributed by atoms with Crippen LogP contribution in [0.2, 0.25) is 0 Å². The van der Waals surface area contributed by atoms with Gasteiger partial charge in [-0.15, -0.1) is 0 Å². The summed E-state index contributed by atoms with van der Waals surface area (Å²) < 4.78 is 14.7. The first-order chi connectivity index (χ1) is 34.7. The fraction of sp³-hybridized carbons (Fsp3) is 0. The van der Waals surface area contributed by atoms with Crippen LogP contribution in [0.25, 0.3) is 21.5 Å². The normalized spacial score (nSPS) is 13.2. The molecule has 0 N–H and O–H groups in total. The lowest BCUT2D eigenvalue weighted by Gasteiger charge is -2.37. The maximum Gasteiger partial charge on any atom is 0.253 e. The highest BCUT2D eigenvalue weighted by atomic mass is 32.2. The average molecular weight is 929 g/mol. The van der Waals surface area contributed by atoms with Crippen molar-refractivity contribution in [2.75, 3.05) is 9.80 Å². The Hall–Kier alpha value is -8.03. The second-order valence-electron chi connectivity index (χ2n) is 18.3. The molecule has 4 aliphatic heterocycles. The Morgan fingerprint density at radius 1 is 0.300 bits per heavy atom. The summed E-state index contributed by atoms with van der Waals surface area (Å²) in [5.41, 5.74) is 14.0. The third kappa shape index (κ3) is 6.16. The van der Waals surface area contributed by atoms with Gasteiger partial charge in [0.15, 0.2) is 0 Å². The molecule has 70 heavy (non-hydrogen) atoms. The highest BCUT2D eigenvalue weighted by molar-refractivity contribution is 8.00. The van der Waals surface area contributed by atoms with Crippen LogP contribution in [0.15, 0.2) is 250 Å². The van der Waals surface area contributed by atoms with E-state index < -0.39 is 0 Å². The molecule has 0 unspecified atom stereocenters. The summed E-state index contributed by atoms with van der Waals surface area (Å²) >= 11 is 3.70. The molecule has 0 radical (unpaired) electrons. The Morgan fingerprint density at radius 2 is 0.671 bits per heavy atom. The van der Waals surface area contributed by atoms with E-state index in [1.165, 1.54) is 52.4 Å². The molecule has 0 saturated carbocycles. The molecule has 0 bridgehead atoms. The quantitative estimate of drug-likeness (QED) is 0.154. The van der Waals surface area contributed by atoms with Crippen molar-refractivity contribution in [1.82, 2.24) is 0 Å². The van der Waals surface area contributed by atoms with Gasteiger partial charge in [0.2, 0.25) is 0 Å². The minimum Gasteiger partial charge on any atom is -0.458 e. The molecule has 0 saturated heterocycles. The number of rotatable bonds is 6. The zero-order valence-corrected chi connectivity index (χ0v) is 39.3. The third-order valence-corrected chi connectivity index (χ3v) is 16.7. The molecule has 8 heteroatoms. The largest absolute Gasteiger partial charge is 0.458 e. The third-order valence-electron chi connectivity index (χ3n) is 14.4. The highest BCUT2D eigenvalue weighted by Crippen LogP contribution is 2.47. The molecule has 0 fully saturated rings. The van der Waals surface area contributed by atoms with Crippen molar-refractivity contribution in [2.24, 2.45) is 0 Å². The topological polar surface area (TPSA) is 24.9 Å². The summed E-state index contributed by atoms with van der Waals surface area (Å²) in [7, 11) is 0. The summed E-state index contributed by atoms with van der Waals surface area (Å²) in [5, 5.41) is 4.45. The lowest BCUT2D eigenvalue weighted by Crippen LogP contribution is -2.61. The van der Waals surface area contributed by atoms with E-state index in [4.69, 9.17) is 9.47 Å². The zero-order valence-electron chi connectivity index (χ0n) is 37.6. The van der Waals surface area contributed by atoms with E-state index in [2.05, 4.69) is 240 Å². The van der Waals surface area contributed by atoms with Crippen molar-refractivity contribution in [1.29, 1.82) is 0 Å². The van der Waals surface area contributed by atoms with Crippen molar-refractivity contribution in [2.45, 2.75) is 19.6 Å². The number of ether oxygens (including phenoxy) is 2. The van der Waals surface area contributed by atoms with E-state index in [0.29, 0.717) is 0 Å². The smallest absolute Gasteiger partial charge is 0.253 e. The van der Waals surface area contributed by atoms with Gasteiger partial charge in [-0.05, 0) is 142 Å². The van der Waals surface area contributed by atoms with Crippen LogP contribution in [0.4, 0.5) is 34.1 Å². The highest BCUT2D eigenvalue weighted by Gasteiger charge is 2.45. The van der Waals surface area contributed by atoms with Crippen LogP contribution in [0, 0.1) is 0 Å². The van der Waals surface area contributed by atoms with Gasteiger partial charge in [0.25, 0.3) is 13.4 Å². The fourth-order valence-corrected chi connectivity index (χ4v) is 13.8. The van der Waals surface area contributed by atoms with E-state index in [9.17, 15) is 0 Å². The van der Waals surface area contributed by atoms with Crippen LogP contribution < -0.4 is 52.1 Å². The van der Waals surface area contributed by atoms with Gasteiger partial charge in [-0.2, -0.15) is 0 Å². The Balaban J connectivity index is 0.905. The number of anilines is 6. The fourth-order valence-electron chi connectivity index (χ4n) is 11.4. The van der Waals surface area contributed by atoms with Crippen molar-refractivity contribution in [3.63, 3.8) is 0 Å². The number of fused-ring (bicyclic) bond motifs is 12. The molecule has 0 atom stereocenters. The van der Waals surface area contributed by atoms with Crippen LogP contribution in [-0.4, -0.2) is 13.4 Å². The van der Waals surface area contributed by atoms with Crippen molar-refractivity contribution in [3.05, 3.63) is 231 Å². The monoisotopic (exact) mass is 928 g/mol.